The third kappa shape index (κ3) is 5.46. The zero-order chi connectivity index (χ0) is 22.4. The van der Waals surface area contributed by atoms with E-state index in [1.54, 1.807) is 56.9 Å². The number of benzene rings is 2. The van der Waals surface area contributed by atoms with E-state index in [1.807, 2.05) is 31.4 Å². The molecule has 3 rings (SSSR count). The maximum absolute atomic E-state index is 12.7. The van der Waals surface area contributed by atoms with Gasteiger partial charge in [-0.15, -0.1) is 11.3 Å². The largest absolute Gasteiger partial charge is 0.493 e. The number of carbonyl (C=O) groups excluding carboxylic acids is 1. The minimum Gasteiger partial charge on any atom is -0.493 e. The SMILES string of the molecule is COc1cc(C(C)NC(=O)c2ccc(OCc3csc(C)n3)cc2)cc(OC)c1OC. The molecule has 0 fully saturated rings. The first-order valence-electron chi connectivity index (χ1n) is 9.69. The zero-order valence-corrected chi connectivity index (χ0v) is 19.0. The molecular weight excluding hydrogens is 416 g/mol. The van der Waals surface area contributed by atoms with Crippen LogP contribution >= 0.6 is 11.3 Å². The Labute approximate surface area is 185 Å². The average Bonchev–Trinajstić information content (AvgIpc) is 3.21. The molecule has 1 heterocycles. The lowest BCUT2D eigenvalue weighted by Gasteiger charge is -2.19. The molecule has 0 aliphatic rings. The summed E-state index contributed by atoms with van der Waals surface area (Å²) in [5.74, 6) is 2.07. The highest BCUT2D eigenvalue weighted by atomic mass is 32.1. The Morgan fingerprint density at radius 3 is 2.23 bits per heavy atom. The van der Waals surface area contributed by atoms with Crippen LogP contribution in [-0.2, 0) is 6.61 Å². The third-order valence-electron chi connectivity index (χ3n) is 4.70. The van der Waals surface area contributed by atoms with Crippen molar-refractivity contribution in [2.45, 2.75) is 26.5 Å². The summed E-state index contributed by atoms with van der Waals surface area (Å²) in [6.07, 6.45) is 0. The first-order chi connectivity index (χ1) is 14.9. The van der Waals surface area contributed by atoms with Crippen molar-refractivity contribution in [3.05, 3.63) is 63.6 Å². The van der Waals surface area contributed by atoms with E-state index >= 15 is 0 Å². The van der Waals surface area contributed by atoms with Gasteiger partial charge in [-0.3, -0.25) is 4.79 Å². The van der Waals surface area contributed by atoms with Gasteiger partial charge in [-0.1, -0.05) is 0 Å². The Kier molecular flexibility index (Phi) is 7.36. The Hall–Kier alpha value is -3.26. The molecule has 31 heavy (non-hydrogen) atoms. The lowest BCUT2D eigenvalue weighted by Crippen LogP contribution is -2.26. The normalized spacial score (nSPS) is 11.5. The smallest absolute Gasteiger partial charge is 0.251 e. The van der Waals surface area contributed by atoms with Crippen LogP contribution in [0.15, 0.2) is 41.8 Å². The van der Waals surface area contributed by atoms with Gasteiger partial charge in [0, 0.05) is 10.9 Å². The zero-order valence-electron chi connectivity index (χ0n) is 18.2. The maximum atomic E-state index is 12.7. The van der Waals surface area contributed by atoms with Crippen molar-refractivity contribution in [3.8, 4) is 23.0 Å². The molecule has 0 saturated heterocycles. The van der Waals surface area contributed by atoms with Gasteiger partial charge in [0.25, 0.3) is 5.91 Å². The highest BCUT2D eigenvalue weighted by molar-refractivity contribution is 7.09. The maximum Gasteiger partial charge on any atom is 0.251 e. The van der Waals surface area contributed by atoms with E-state index in [-0.39, 0.29) is 11.9 Å². The molecule has 8 heteroatoms. The van der Waals surface area contributed by atoms with Crippen molar-refractivity contribution < 1.29 is 23.7 Å². The molecule has 1 aromatic heterocycles. The number of rotatable bonds is 9. The molecule has 1 unspecified atom stereocenters. The second-order valence-electron chi connectivity index (χ2n) is 6.82. The fourth-order valence-corrected chi connectivity index (χ4v) is 3.65. The van der Waals surface area contributed by atoms with Gasteiger partial charge >= 0.3 is 0 Å². The summed E-state index contributed by atoms with van der Waals surface area (Å²) in [6, 6.07) is 10.4. The topological polar surface area (TPSA) is 78.9 Å². The number of amides is 1. The minimum absolute atomic E-state index is 0.192. The molecule has 0 bridgehead atoms. The Balaban J connectivity index is 1.65. The lowest BCUT2D eigenvalue weighted by atomic mass is 10.1. The molecule has 1 N–H and O–H groups in total. The van der Waals surface area contributed by atoms with E-state index in [0.29, 0.717) is 35.2 Å². The first kappa shape index (κ1) is 22.4. The van der Waals surface area contributed by atoms with Crippen molar-refractivity contribution in [1.29, 1.82) is 0 Å². The average molecular weight is 443 g/mol. The number of nitrogens with one attached hydrogen (secondary N) is 1. The number of carbonyl (C=O) groups is 1. The summed E-state index contributed by atoms with van der Waals surface area (Å²) >= 11 is 1.59. The van der Waals surface area contributed by atoms with Crippen LogP contribution < -0.4 is 24.3 Å². The molecule has 1 amide bonds. The number of thiazole rings is 1. The van der Waals surface area contributed by atoms with Gasteiger partial charge in [-0.25, -0.2) is 4.98 Å². The second-order valence-corrected chi connectivity index (χ2v) is 7.89. The number of methoxy groups -OCH3 is 3. The summed E-state index contributed by atoms with van der Waals surface area (Å²) in [5.41, 5.74) is 2.26. The summed E-state index contributed by atoms with van der Waals surface area (Å²) in [5, 5.41) is 5.97. The number of ether oxygens (including phenoxy) is 4. The van der Waals surface area contributed by atoms with Crippen molar-refractivity contribution in [2.75, 3.05) is 21.3 Å². The molecule has 0 spiro atoms. The first-order valence-corrected chi connectivity index (χ1v) is 10.6. The highest BCUT2D eigenvalue weighted by Gasteiger charge is 2.18. The highest BCUT2D eigenvalue weighted by Crippen LogP contribution is 2.39. The van der Waals surface area contributed by atoms with Crippen molar-refractivity contribution in [1.82, 2.24) is 10.3 Å². The molecule has 7 nitrogen and oxygen atoms in total. The summed E-state index contributed by atoms with van der Waals surface area (Å²) < 4.78 is 21.9. The molecule has 3 aromatic rings. The number of hydrogen-bond acceptors (Lipinski definition) is 7. The van der Waals surface area contributed by atoms with Crippen LogP contribution in [0.2, 0.25) is 0 Å². The van der Waals surface area contributed by atoms with Gasteiger partial charge < -0.3 is 24.3 Å². The molecule has 2 aromatic carbocycles. The van der Waals surface area contributed by atoms with Gasteiger partial charge in [0.1, 0.15) is 12.4 Å². The van der Waals surface area contributed by atoms with Crippen LogP contribution in [-0.4, -0.2) is 32.2 Å². The Morgan fingerprint density at radius 1 is 1.06 bits per heavy atom. The fraction of sp³-hybridized carbons (Fsp3) is 0.304. The van der Waals surface area contributed by atoms with Crippen LogP contribution in [0.25, 0.3) is 0 Å². The lowest BCUT2D eigenvalue weighted by molar-refractivity contribution is 0.0939. The standard InChI is InChI=1S/C23H26N2O5S/c1-14(17-10-20(27-3)22(29-5)21(11-17)28-4)24-23(26)16-6-8-19(9-7-16)30-12-18-13-31-15(2)25-18/h6-11,13-14H,12H2,1-5H3,(H,24,26). The summed E-state index contributed by atoms with van der Waals surface area (Å²) in [4.78, 5) is 17.1. The van der Waals surface area contributed by atoms with Crippen LogP contribution in [0.5, 0.6) is 23.0 Å². The Bertz CT molecular complexity index is 1010. The number of hydrogen-bond donors (Lipinski definition) is 1. The fourth-order valence-electron chi connectivity index (χ4n) is 3.05. The van der Waals surface area contributed by atoms with Crippen LogP contribution in [0.4, 0.5) is 0 Å². The van der Waals surface area contributed by atoms with E-state index < -0.39 is 0 Å². The third-order valence-corrected chi connectivity index (χ3v) is 5.53. The van der Waals surface area contributed by atoms with Crippen molar-refractivity contribution in [2.24, 2.45) is 0 Å². The molecule has 0 aliphatic carbocycles. The predicted octanol–water partition coefficient (Wildman–Crippen LogP) is 4.55. The second kappa shape index (κ2) is 10.2. The van der Waals surface area contributed by atoms with Crippen molar-refractivity contribution >= 4 is 17.2 Å². The molecular formula is C23H26N2O5S. The van der Waals surface area contributed by atoms with E-state index in [0.717, 1.165) is 16.3 Å². The number of aromatic nitrogens is 1. The van der Waals surface area contributed by atoms with Crippen LogP contribution in [0.1, 0.15) is 39.6 Å². The minimum atomic E-state index is -0.273. The van der Waals surface area contributed by atoms with Gasteiger partial charge in [0.15, 0.2) is 11.5 Å². The van der Waals surface area contributed by atoms with Gasteiger partial charge in [-0.2, -0.15) is 0 Å². The summed E-state index contributed by atoms with van der Waals surface area (Å²) in [6.45, 7) is 4.25. The quantitative estimate of drug-likeness (QED) is 0.524. The van der Waals surface area contributed by atoms with Crippen molar-refractivity contribution in [3.63, 3.8) is 0 Å². The predicted molar refractivity (Wildman–Crippen MR) is 120 cm³/mol. The van der Waals surface area contributed by atoms with Gasteiger partial charge in [0.2, 0.25) is 5.75 Å². The van der Waals surface area contributed by atoms with Crippen LogP contribution in [0.3, 0.4) is 0 Å². The van der Waals surface area contributed by atoms with E-state index in [2.05, 4.69) is 10.3 Å². The van der Waals surface area contributed by atoms with Gasteiger partial charge in [-0.05, 0) is 55.8 Å². The summed E-state index contributed by atoms with van der Waals surface area (Å²) in [7, 11) is 4.67. The number of nitrogens with zero attached hydrogens (tertiary/aromatic N) is 1. The molecule has 1 atom stereocenters. The van der Waals surface area contributed by atoms with E-state index in [9.17, 15) is 4.79 Å². The molecule has 164 valence electrons. The Morgan fingerprint density at radius 2 is 1.71 bits per heavy atom. The monoisotopic (exact) mass is 442 g/mol. The molecule has 0 saturated carbocycles. The number of aryl methyl sites for hydroxylation is 1. The van der Waals surface area contributed by atoms with E-state index in [4.69, 9.17) is 18.9 Å². The van der Waals surface area contributed by atoms with E-state index in [1.165, 1.54) is 0 Å². The van der Waals surface area contributed by atoms with Gasteiger partial charge in [0.05, 0.1) is 38.1 Å². The molecule has 0 aliphatic heterocycles. The van der Waals surface area contributed by atoms with Crippen LogP contribution in [0, 0.1) is 6.92 Å². The molecule has 0 radical (unpaired) electrons.